The summed E-state index contributed by atoms with van der Waals surface area (Å²) in [7, 11) is 0. The van der Waals surface area contributed by atoms with E-state index < -0.39 is 85.0 Å². The van der Waals surface area contributed by atoms with Crippen LogP contribution in [0.3, 0.4) is 0 Å². The van der Waals surface area contributed by atoms with Crippen molar-refractivity contribution in [2.45, 2.75) is 73.8 Å². The van der Waals surface area contributed by atoms with Crippen molar-refractivity contribution in [2.75, 3.05) is 13.2 Å². The average molecular weight is 410 g/mol. The number of rotatable bonds is 4. The van der Waals surface area contributed by atoms with Crippen LogP contribution in [0.2, 0.25) is 0 Å². The van der Waals surface area contributed by atoms with Crippen LogP contribution in [0.25, 0.3) is 0 Å². The van der Waals surface area contributed by atoms with Crippen LogP contribution in [0.15, 0.2) is 0 Å². The molecule has 3 nitrogen and oxygen atoms in total. The minimum Gasteiger partial charge on any atom is -0.370 e. The first-order chi connectivity index (χ1) is 12.2. The maximum Gasteiger partial charge on any atom is 0.341 e. The van der Waals surface area contributed by atoms with E-state index in [0.29, 0.717) is 0 Å². The molecule has 6 unspecified atom stereocenters. The first-order valence-corrected chi connectivity index (χ1v) is 8.62. The number of alkyl halides is 8. The lowest BCUT2D eigenvalue weighted by molar-refractivity contribution is -0.349. The Kier molecular flexibility index (Phi) is 3.69. The van der Waals surface area contributed by atoms with E-state index in [-0.39, 0.29) is 0 Å². The number of epoxide rings is 2. The molecule has 2 saturated heterocycles. The molecule has 2 saturated carbocycles. The van der Waals surface area contributed by atoms with Crippen LogP contribution in [0.1, 0.15) is 26.7 Å². The van der Waals surface area contributed by atoms with Gasteiger partial charge in [0.05, 0.1) is 13.2 Å². The molecule has 27 heavy (non-hydrogen) atoms. The standard InChI is InChI=1S/C16H18F8O3/c1-7-3-11(9-5-25-9,15(21,22)13(7,17)18)27-12(10-6-26-10)4-8(2)14(19,20)16(12,23)24/h7-10H,3-6H2,1-2H3. The molecule has 2 aliphatic heterocycles. The summed E-state index contributed by atoms with van der Waals surface area (Å²) in [6, 6.07) is 0. The normalized spacial score (nSPS) is 51.3. The van der Waals surface area contributed by atoms with Gasteiger partial charge in [-0.15, -0.1) is 0 Å². The minimum atomic E-state index is -4.88. The Labute approximate surface area is 149 Å². The predicted octanol–water partition coefficient (Wildman–Crippen LogP) is 3.90. The van der Waals surface area contributed by atoms with Gasteiger partial charge < -0.3 is 14.2 Å². The summed E-state index contributed by atoms with van der Waals surface area (Å²) in [5.74, 6) is -22.7. The SMILES string of the molecule is CC1CC(OC2(C3CO3)CC(C)C(F)(F)C2(F)F)(C2CO2)C(F)(F)C1(F)F. The van der Waals surface area contributed by atoms with Crippen molar-refractivity contribution < 1.29 is 49.3 Å². The van der Waals surface area contributed by atoms with E-state index in [1.54, 1.807) is 0 Å². The van der Waals surface area contributed by atoms with Gasteiger partial charge >= 0.3 is 23.7 Å². The second-order valence-electron chi connectivity index (χ2n) is 8.13. The third kappa shape index (κ3) is 2.08. The summed E-state index contributed by atoms with van der Waals surface area (Å²) in [5.41, 5.74) is -6.27. The van der Waals surface area contributed by atoms with E-state index in [0.717, 1.165) is 13.8 Å². The molecule has 2 aliphatic carbocycles. The van der Waals surface area contributed by atoms with E-state index in [1.165, 1.54) is 0 Å². The highest BCUT2D eigenvalue weighted by Crippen LogP contribution is 2.68. The molecule has 4 fully saturated rings. The summed E-state index contributed by atoms with van der Waals surface area (Å²) in [5, 5.41) is 0. The fourth-order valence-electron chi connectivity index (χ4n) is 4.58. The van der Waals surface area contributed by atoms with E-state index in [2.05, 4.69) is 0 Å². The van der Waals surface area contributed by atoms with Crippen LogP contribution in [0, 0.1) is 11.8 Å². The molecule has 156 valence electrons. The molecule has 0 radical (unpaired) electrons. The smallest absolute Gasteiger partial charge is 0.341 e. The van der Waals surface area contributed by atoms with Crippen molar-refractivity contribution in [3.8, 4) is 0 Å². The molecule has 6 atom stereocenters. The van der Waals surface area contributed by atoms with Gasteiger partial charge in [0.2, 0.25) is 0 Å². The van der Waals surface area contributed by atoms with Gasteiger partial charge in [-0.1, -0.05) is 13.8 Å². The molecular weight excluding hydrogens is 392 g/mol. The van der Waals surface area contributed by atoms with Crippen LogP contribution < -0.4 is 0 Å². The van der Waals surface area contributed by atoms with Gasteiger partial charge in [0.15, 0.2) is 11.2 Å². The van der Waals surface area contributed by atoms with E-state index >= 15 is 0 Å². The van der Waals surface area contributed by atoms with Crippen LogP contribution in [-0.2, 0) is 14.2 Å². The highest BCUT2D eigenvalue weighted by atomic mass is 19.3. The zero-order valence-corrected chi connectivity index (χ0v) is 14.4. The molecule has 0 aromatic rings. The fraction of sp³-hybridized carbons (Fsp3) is 1.00. The number of ether oxygens (including phenoxy) is 3. The summed E-state index contributed by atoms with van der Waals surface area (Å²) >= 11 is 0. The van der Waals surface area contributed by atoms with Crippen molar-refractivity contribution in [1.82, 2.24) is 0 Å². The van der Waals surface area contributed by atoms with Crippen LogP contribution in [0.5, 0.6) is 0 Å². The molecule has 11 heteroatoms. The van der Waals surface area contributed by atoms with E-state index in [1.807, 2.05) is 0 Å². The van der Waals surface area contributed by atoms with Gasteiger partial charge in [-0.2, -0.15) is 35.1 Å². The van der Waals surface area contributed by atoms with Gasteiger partial charge in [-0.25, -0.2) is 0 Å². The Morgan fingerprint density at radius 2 is 0.963 bits per heavy atom. The molecule has 4 rings (SSSR count). The zero-order chi connectivity index (χ0) is 20.3. The van der Waals surface area contributed by atoms with Crippen molar-refractivity contribution >= 4 is 0 Å². The molecule has 0 aromatic carbocycles. The van der Waals surface area contributed by atoms with Crippen LogP contribution in [-0.4, -0.2) is 60.3 Å². The third-order valence-electron chi connectivity index (χ3n) is 6.43. The van der Waals surface area contributed by atoms with Gasteiger partial charge in [0.25, 0.3) is 0 Å². The number of hydrogen-bond donors (Lipinski definition) is 0. The van der Waals surface area contributed by atoms with E-state index in [9.17, 15) is 35.1 Å². The largest absolute Gasteiger partial charge is 0.370 e. The lowest BCUT2D eigenvalue weighted by atomic mass is 9.87. The number of hydrogen-bond acceptors (Lipinski definition) is 3. The van der Waals surface area contributed by atoms with Gasteiger partial charge in [0, 0.05) is 11.8 Å². The Morgan fingerprint density at radius 3 is 1.15 bits per heavy atom. The lowest BCUT2D eigenvalue weighted by Gasteiger charge is -2.44. The summed E-state index contributed by atoms with van der Waals surface area (Å²) in [4.78, 5) is 0. The summed E-state index contributed by atoms with van der Waals surface area (Å²) in [6.45, 7) is 0.868. The maximum absolute atomic E-state index is 14.8. The molecule has 0 N–H and O–H groups in total. The lowest BCUT2D eigenvalue weighted by Crippen LogP contribution is -2.66. The minimum absolute atomic E-state index is 0.405. The van der Waals surface area contributed by atoms with Crippen molar-refractivity contribution in [1.29, 1.82) is 0 Å². The molecular formula is C16H18F8O3. The highest BCUT2D eigenvalue weighted by Gasteiger charge is 2.88. The highest BCUT2D eigenvalue weighted by molar-refractivity contribution is 5.24. The Balaban J connectivity index is 1.83. The Morgan fingerprint density at radius 1 is 0.667 bits per heavy atom. The third-order valence-corrected chi connectivity index (χ3v) is 6.43. The Hall–Kier alpha value is -0.680. The van der Waals surface area contributed by atoms with Gasteiger partial charge in [-0.05, 0) is 12.8 Å². The predicted molar refractivity (Wildman–Crippen MR) is 73.4 cm³/mol. The van der Waals surface area contributed by atoms with Gasteiger partial charge in [0.1, 0.15) is 12.2 Å². The molecule has 2 heterocycles. The van der Waals surface area contributed by atoms with Crippen LogP contribution in [0.4, 0.5) is 35.1 Å². The molecule has 0 amide bonds. The maximum atomic E-state index is 14.8. The quantitative estimate of drug-likeness (QED) is 0.521. The summed E-state index contributed by atoms with van der Waals surface area (Å²) < 4.78 is 131. The van der Waals surface area contributed by atoms with Crippen LogP contribution >= 0.6 is 0 Å². The molecule has 0 bridgehead atoms. The molecule has 0 spiro atoms. The number of halogens is 8. The average Bonchev–Trinajstić information content (AvgIpc) is 3.42. The molecule has 0 aromatic heterocycles. The monoisotopic (exact) mass is 410 g/mol. The Bertz CT molecular complexity index is 594. The van der Waals surface area contributed by atoms with Gasteiger partial charge in [-0.3, -0.25) is 0 Å². The van der Waals surface area contributed by atoms with Crippen molar-refractivity contribution in [2.24, 2.45) is 11.8 Å². The first-order valence-electron chi connectivity index (χ1n) is 8.62. The zero-order valence-electron chi connectivity index (χ0n) is 14.4. The van der Waals surface area contributed by atoms with E-state index in [4.69, 9.17) is 14.2 Å². The second-order valence-corrected chi connectivity index (χ2v) is 8.13. The van der Waals surface area contributed by atoms with Crippen molar-refractivity contribution in [3.63, 3.8) is 0 Å². The summed E-state index contributed by atoms with van der Waals surface area (Å²) in [6.07, 6.45) is -5.16. The van der Waals surface area contributed by atoms with Crippen molar-refractivity contribution in [3.05, 3.63) is 0 Å². The second kappa shape index (κ2) is 5.08. The molecule has 4 aliphatic rings. The fourth-order valence-corrected chi connectivity index (χ4v) is 4.58. The first kappa shape index (κ1) is 19.6. The topological polar surface area (TPSA) is 34.3 Å².